The highest BCUT2D eigenvalue weighted by Gasteiger charge is 2.19. The number of rotatable bonds is 4. The van der Waals surface area contributed by atoms with E-state index >= 15 is 0 Å². The number of nitrogens with two attached hydrogens (primary N) is 1. The van der Waals surface area contributed by atoms with Crippen LogP contribution in [0.3, 0.4) is 0 Å². The number of nitrogens with zero attached hydrogens (tertiary/aromatic N) is 4. The summed E-state index contributed by atoms with van der Waals surface area (Å²) in [6, 6.07) is 8.22. The number of benzene rings is 1. The number of hydrogen-bond acceptors (Lipinski definition) is 4. The average Bonchev–Trinajstić information content (AvgIpc) is 2.76. The molecule has 1 saturated heterocycles. The van der Waals surface area contributed by atoms with Crippen molar-refractivity contribution in [3.05, 3.63) is 46.8 Å². The molecule has 0 atom stereocenters. The molecule has 1 aliphatic rings. The Kier molecular flexibility index (Phi) is 10.6. The average molecular weight is 423 g/mol. The number of halogens is 3. The van der Waals surface area contributed by atoms with Crippen LogP contribution >= 0.6 is 37.2 Å². The standard InChI is InChI=1S/C18H27N5.3ClH/c1-14-18(15(2)21(3)20-14)13-23-9-7-22(8-10-23)12-16-5-4-6-17(19)11-16;;;/h4-6,11H,7-10,12-13,19H2,1-3H3;3*1H. The molecule has 5 nitrogen and oxygen atoms in total. The Morgan fingerprint density at radius 3 is 2.04 bits per heavy atom. The maximum Gasteiger partial charge on any atom is 0.0641 e. The topological polar surface area (TPSA) is 50.3 Å². The van der Waals surface area contributed by atoms with Crippen molar-refractivity contribution in [2.75, 3.05) is 31.9 Å². The molecule has 0 spiro atoms. The molecule has 1 aliphatic heterocycles. The lowest BCUT2D eigenvalue weighted by molar-refractivity contribution is 0.121. The van der Waals surface area contributed by atoms with E-state index in [9.17, 15) is 0 Å². The van der Waals surface area contributed by atoms with Crippen molar-refractivity contribution in [2.45, 2.75) is 26.9 Å². The molecule has 26 heavy (non-hydrogen) atoms. The molecule has 0 unspecified atom stereocenters. The fraction of sp³-hybridized carbons (Fsp3) is 0.500. The van der Waals surface area contributed by atoms with Crippen LogP contribution in [-0.2, 0) is 20.1 Å². The number of aryl methyl sites for hydroxylation is 2. The summed E-state index contributed by atoms with van der Waals surface area (Å²) in [6.07, 6.45) is 0. The van der Waals surface area contributed by atoms with Crippen molar-refractivity contribution < 1.29 is 0 Å². The lowest BCUT2D eigenvalue weighted by atomic mass is 10.1. The molecule has 1 aromatic heterocycles. The first kappa shape index (κ1) is 25.0. The fourth-order valence-electron chi connectivity index (χ4n) is 3.33. The van der Waals surface area contributed by atoms with Gasteiger partial charge in [0.15, 0.2) is 0 Å². The molecular formula is C18H30Cl3N5. The van der Waals surface area contributed by atoms with Gasteiger partial charge in [-0.15, -0.1) is 37.2 Å². The summed E-state index contributed by atoms with van der Waals surface area (Å²) >= 11 is 0. The molecule has 8 heteroatoms. The van der Waals surface area contributed by atoms with Crippen LogP contribution in [0.4, 0.5) is 5.69 Å². The molecule has 0 radical (unpaired) electrons. The van der Waals surface area contributed by atoms with Crippen LogP contribution in [0.2, 0.25) is 0 Å². The van der Waals surface area contributed by atoms with Gasteiger partial charge in [-0.2, -0.15) is 5.10 Å². The molecule has 0 aliphatic carbocycles. The van der Waals surface area contributed by atoms with Crippen LogP contribution in [0.5, 0.6) is 0 Å². The largest absolute Gasteiger partial charge is 0.399 e. The number of aromatic nitrogens is 2. The molecular weight excluding hydrogens is 393 g/mol. The van der Waals surface area contributed by atoms with Crippen molar-refractivity contribution in [2.24, 2.45) is 7.05 Å². The highest BCUT2D eigenvalue weighted by molar-refractivity contribution is 5.86. The Morgan fingerprint density at radius 1 is 0.962 bits per heavy atom. The van der Waals surface area contributed by atoms with Crippen LogP contribution in [0, 0.1) is 13.8 Å². The van der Waals surface area contributed by atoms with E-state index in [4.69, 9.17) is 5.73 Å². The van der Waals surface area contributed by atoms with Gasteiger partial charge >= 0.3 is 0 Å². The molecule has 0 saturated carbocycles. The zero-order valence-electron chi connectivity index (χ0n) is 15.6. The SMILES string of the molecule is Cc1nn(C)c(C)c1CN1CCN(Cc2cccc(N)c2)CC1.Cl.Cl.Cl. The van der Waals surface area contributed by atoms with Gasteiger partial charge in [0.25, 0.3) is 0 Å². The first-order chi connectivity index (χ1) is 11.0. The summed E-state index contributed by atoms with van der Waals surface area (Å²) in [5, 5.41) is 4.52. The van der Waals surface area contributed by atoms with Crippen LogP contribution < -0.4 is 5.73 Å². The van der Waals surface area contributed by atoms with Crippen LogP contribution in [-0.4, -0.2) is 45.8 Å². The minimum atomic E-state index is 0. The highest BCUT2D eigenvalue weighted by Crippen LogP contribution is 2.17. The fourth-order valence-corrected chi connectivity index (χ4v) is 3.33. The third-order valence-corrected chi connectivity index (χ3v) is 4.86. The Balaban J connectivity index is 0.00000208. The molecule has 0 amide bonds. The molecule has 148 valence electrons. The predicted octanol–water partition coefficient (Wildman–Crippen LogP) is 3.20. The number of piperazine rings is 1. The van der Waals surface area contributed by atoms with E-state index in [1.807, 2.05) is 23.9 Å². The monoisotopic (exact) mass is 421 g/mol. The number of anilines is 1. The van der Waals surface area contributed by atoms with Gasteiger partial charge in [-0.3, -0.25) is 14.5 Å². The lowest BCUT2D eigenvalue weighted by Gasteiger charge is -2.34. The predicted molar refractivity (Wildman–Crippen MR) is 116 cm³/mol. The van der Waals surface area contributed by atoms with Crippen molar-refractivity contribution >= 4 is 42.9 Å². The molecule has 1 aromatic carbocycles. The first-order valence-corrected chi connectivity index (χ1v) is 8.31. The molecule has 2 heterocycles. The van der Waals surface area contributed by atoms with Crippen molar-refractivity contribution in [1.82, 2.24) is 19.6 Å². The number of nitrogen functional groups attached to an aromatic ring is 1. The molecule has 0 bridgehead atoms. The third-order valence-electron chi connectivity index (χ3n) is 4.86. The quantitative estimate of drug-likeness (QED) is 0.769. The molecule has 1 fully saturated rings. The van der Waals surface area contributed by atoms with Gasteiger partial charge in [0.2, 0.25) is 0 Å². The summed E-state index contributed by atoms with van der Waals surface area (Å²) in [5.74, 6) is 0. The summed E-state index contributed by atoms with van der Waals surface area (Å²) in [6.45, 7) is 10.7. The van der Waals surface area contributed by atoms with E-state index in [1.165, 1.54) is 16.8 Å². The Labute approximate surface area is 175 Å². The smallest absolute Gasteiger partial charge is 0.0641 e. The summed E-state index contributed by atoms with van der Waals surface area (Å²) in [5.41, 5.74) is 11.8. The van der Waals surface area contributed by atoms with Gasteiger partial charge in [0.1, 0.15) is 0 Å². The Bertz CT molecular complexity index is 681. The van der Waals surface area contributed by atoms with Gasteiger partial charge in [-0.25, -0.2) is 0 Å². The van der Waals surface area contributed by atoms with Gasteiger partial charge in [0.05, 0.1) is 5.69 Å². The van der Waals surface area contributed by atoms with Gasteiger partial charge in [-0.1, -0.05) is 12.1 Å². The number of hydrogen-bond donors (Lipinski definition) is 1. The van der Waals surface area contributed by atoms with E-state index in [0.717, 1.165) is 50.6 Å². The zero-order valence-corrected chi connectivity index (χ0v) is 18.1. The highest BCUT2D eigenvalue weighted by atomic mass is 35.5. The Morgan fingerprint density at radius 2 is 1.54 bits per heavy atom. The van der Waals surface area contributed by atoms with E-state index < -0.39 is 0 Å². The van der Waals surface area contributed by atoms with Crippen molar-refractivity contribution in [3.63, 3.8) is 0 Å². The minimum absolute atomic E-state index is 0. The summed E-state index contributed by atoms with van der Waals surface area (Å²) in [4.78, 5) is 5.04. The van der Waals surface area contributed by atoms with Crippen LogP contribution in [0.25, 0.3) is 0 Å². The van der Waals surface area contributed by atoms with Crippen molar-refractivity contribution in [3.8, 4) is 0 Å². The van der Waals surface area contributed by atoms with E-state index in [0.29, 0.717) is 0 Å². The lowest BCUT2D eigenvalue weighted by Crippen LogP contribution is -2.45. The molecule has 2 N–H and O–H groups in total. The summed E-state index contributed by atoms with van der Waals surface area (Å²) in [7, 11) is 2.02. The Hall–Kier alpha value is -0.980. The zero-order chi connectivity index (χ0) is 16.4. The van der Waals surface area contributed by atoms with E-state index in [1.54, 1.807) is 0 Å². The second kappa shape index (κ2) is 11.0. The maximum atomic E-state index is 5.87. The second-order valence-corrected chi connectivity index (χ2v) is 6.57. The van der Waals surface area contributed by atoms with Gasteiger partial charge in [0, 0.05) is 63.3 Å². The maximum absolute atomic E-state index is 5.87. The van der Waals surface area contributed by atoms with Crippen LogP contribution in [0.15, 0.2) is 24.3 Å². The first-order valence-electron chi connectivity index (χ1n) is 8.31. The third kappa shape index (κ3) is 6.03. The van der Waals surface area contributed by atoms with Gasteiger partial charge < -0.3 is 5.73 Å². The molecule has 2 aromatic rings. The van der Waals surface area contributed by atoms with Gasteiger partial charge in [-0.05, 0) is 31.5 Å². The minimum Gasteiger partial charge on any atom is -0.399 e. The van der Waals surface area contributed by atoms with E-state index in [-0.39, 0.29) is 37.2 Å². The summed E-state index contributed by atoms with van der Waals surface area (Å²) < 4.78 is 1.99. The molecule has 3 rings (SSSR count). The normalized spacial score (nSPS) is 14.9. The van der Waals surface area contributed by atoms with E-state index in [2.05, 4.69) is 40.9 Å². The van der Waals surface area contributed by atoms with Crippen LogP contribution in [0.1, 0.15) is 22.5 Å². The second-order valence-electron chi connectivity index (χ2n) is 6.57. The van der Waals surface area contributed by atoms with Crippen molar-refractivity contribution in [1.29, 1.82) is 0 Å².